The largest absolute Gasteiger partial charge is 0.379 e. The van der Waals surface area contributed by atoms with Crippen LogP contribution in [0.4, 0.5) is 0 Å². The van der Waals surface area contributed by atoms with Crippen molar-refractivity contribution in [2.75, 3.05) is 158 Å². The second kappa shape index (κ2) is 15.2. The predicted molar refractivity (Wildman–Crippen MR) is 222 cm³/mol. The molecule has 352 valence electrons. The third kappa shape index (κ3) is 4.07. The molecular formula is C44H61Cl3N2O14. The summed E-state index contributed by atoms with van der Waals surface area (Å²) >= 11 is 15.6. The van der Waals surface area contributed by atoms with Gasteiger partial charge < -0.3 is 58.4 Å². The van der Waals surface area contributed by atoms with Crippen molar-refractivity contribution < 1.29 is 66.5 Å². The highest BCUT2D eigenvalue weighted by atomic mass is 35.5. The molecule has 14 aliphatic carbocycles. The van der Waals surface area contributed by atoms with Gasteiger partial charge in [-0.2, -0.15) is 0 Å². The van der Waals surface area contributed by atoms with Gasteiger partial charge in [0.05, 0.1) is 104 Å². The van der Waals surface area contributed by atoms with E-state index in [-0.39, 0.29) is 42.4 Å². The molecule has 14 fully saturated rings. The van der Waals surface area contributed by atoms with Crippen LogP contribution >= 0.6 is 34.8 Å². The molecule has 0 saturated heterocycles. The molecule has 19 heteroatoms. The fourth-order valence-electron chi connectivity index (χ4n) is 16.9. The quantitative estimate of drug-likeness (QED) is 0.0515. The summed E-state index contributed by atoms with van der Waals surface area (Å²) in [4.78, 5) is 42.6. The Morgan fingerprint density at radius 1 is 0.444 bits per heavy atom. The summed E-state index contributed by atoms with van der Waals surface area (Å²) in [6, 6.07) is 0. The molecule has 63 heavy (non-hydrogen) atoms. The van der Waals surface area contributed by atoms with E-state index in [4.69, 9.17) is 78.4 Å². The number of rotatable bonds is 37. The summed E-state index contributed by atoms with van der Waals surface area (Å²) in [5.74, 6) is 0.0873. The topological polar surface area (TPSA) is 199 Å². The van der Waals surface area contributed by atoms with Crippen LogP contribution in [0.1, 0.15) is 25.7 Å². The summed E-state index contributed by atoms with van der Waals surface area (Å²) in [5.41, 5.74) is 20.3. The van der Waals surface area contributed by atoms with E-state index in [9.17, 15) is 19.2 Å². The van der Waals surface area contributed by atoms with Crippen molar-refractivity contribution in [3.05, 3.63) is 0 Å². The monoisotopic (exact) mass is 946 g/mol. The Kier molecular flexibility index (Phi) is 11.0. The van der Waals surface area contributed by atoms with Gasteiger partial charge in [-0.05, 0) is 24.4 Å². The molecule has 0 unspecified atom stereocenters. The van der Waals surface area contributed by atoms with E-state index in [1.165, 1.54) is 79.2 Å². The Morgan fingerprint density at radius 2 is 0.730 bits per heavy atom. The van der Waals surface area contributed by atoms with Crippen LogP contribution in [0.3, 0.4) is 0 Å². The average molecular weight is 948 g/mol. The van der Waals surface area contributed by atoms with Crippen LogP contribution < -0.4 is 11.1 Å². The number of hydrogen-bond donors (Lipinski definition) is 2. The van der Waals surface area contributed by atoms with E-state index in [2.05, 4.69) is 14.8 Å². The molecule has 0 radical (unpaired) electrons. The van der Waals surface area contributed by atoms with Gasteiger partial charge in [0.1, 0.15) is 24.8 Å². The normalized spacial score (nSPS) is 45.1. The third-order valence-corrected chi connectivity index (χ3v) is 18.6. The Labute approximate surface area is 382 Å². The van der Waals surface area contributed by atoms with Crippen molar-refractivity contribution in [1.82, 2.24) is 5.32 Å². The molecule has 14 rings (SSSR count). The molecule has 12 bridgehead atoms. The van der Waals surface area contributed by atoms with Gasteiger partial charge in [-0.1, -0.05) is 0 Å². The van der Waals surface area contributed by atoms with E-state index in [1.54, 1.807) is 0 Å². The van der Waals surface area contributed by atoms with E-state index < -0.39 is 5.24 Å². The highest BCUT2D eigenvalue weighted by molar-refractivity contribution is 6.63. The van der Waals surface area contributed by atoms with Crippen LogP contribution in [0.5, 0.6) is 0 Å². The number of amides is 1. The van der Waals surface area contributed by atoms with Gasteiger partial charge in [-0.3, -0.25) is 19.2 Å². The van der Waals surface area contributed by atoms with Crippen molar-refractivity contribution in [2.45, 2.75) is 25.7 Å². The lowest BCUT2D eigenvalue weighted by Gasteiger charge is -2.08. The third-order valence-electron chi connectivity index (χ3n) is 17.9. The summed E-state index contributed by atoms with van der Waals surface area (Å²) in [6.45, 7) is 9.24. The van der Waals surface area contributed by atoms with Crippen LogP contribution in [0.25, 0.3) is 0 Å². The lowest BCUT2D eigenvalue weighted by molar-refractivity contribution is -0.125. The Hall–Kier alpha value is -1.09. The lowest BCUT2D eigenvalue weighted by Crippen LogP contribution is -2.30. The SMILES string of the molecule is C123C45C16C21C34C561.C123C45C16C21C34C561.COCC(=O)Cl.COCC(=O)NCCOCCOCCOCCOCCCC(=O)CCl.NCCOCCOCCOCCOCCCC(=O)CCl. The highest BCUT2D eigenvalue weighted by Gasteiger charge is 4.01. The number of nitrogens with one attached hydrogen (secondary N) is 1. The van der Waals surface area contributed by atoms with E-state index >= 15 is 0 Å². The minimum absolute atomic E-state index is 0.00154. The first-order valence-corrected chi connectivity index (χ1v) is 24.1. The molecule has 0 atom stereocenters. The summed E-state index contributed by atoms with van der Waals surface area (Å²) in [6.07, 6.45) is 2.33. The molecule has 0 aromatic rings. The summed E-state index contributed by atoms with van der Waals surface area (Å²) in [7, 11) is 2.89. The molecule has 4 spiro atoms. The van der Waals surface area contributed by atoms with Crippen LogP contribution in [0.2, 0.25) is 0 Å². The van der Waals surface area contributed by atoms with Crippen LogP contribution in [0.15, 0.2) is 0 Å². The highest BCUT2D eigenvalue weighted by Crippen LogP contribution is 4.01. The van der Waals surface area contributed by atoms with Crippen LogP contribution in [-0.4, -0.2) is 181 Å². The minimum Gasteiger partial charge on any atom is -0.379 e. The maximum Gasteiger partial charge on any atom is 0.247 e. The number of alkyl halides is 2. The number of halogens is 3. The molecule has 3 N–H and O–H groups in total. The number of nitrogens with two attached hydrogens (primary N) is 1. The zero-order valence-electron chi connectivity index (χ0n) is 36.3. The van der Waals surface area contributed by atoms with E-state index in [1.807, 2.05) is 0 Å². The molecule has 14 aliphatic rings. The first kappa shape index (κ1) is 45.7. The smallest absolute Gasteiger partial charge is 0.247 e. The second-order valence-electron chi connectivity index (χ2n) is 18.8. The molecule has 16 nitrogen and oxygen atoms in total. The molecule has 14 saturated carbocycles. The molecule has 0 aliphatic heterocycles. The number of hydrogen-bond acceptors (Lipinski definition) is 15. The van der Waals surface area contributed by atoms with Crippen molar-refractivity contribution in [3.8, 4) is 0 Å². The predicted octanol–water partition coefficient (Wildman–Crippen LogP) is 1.40. The molecule has 1 amide bonds. The van der Waals surface area contributed by atoms with Gasteiger partial charge in [0, 0.05) is 118 Å². The van der Waals surface area contributed by atoms with Gasteiger partial charge in [-0.15, -0.1) is 23.2 Å². The minimum atomic E-state index is -0.461. The van der Waals surface area contributed by atoms with Crippen molar-refractivity contribution in [2.24, 2.45) is 70.7 Å². The molecular weight excluding hydrogens is 887 g/mol. The number of ketones is 2. The van der Waals surface area contributed by atoms with E-state index in [0.717, 1.165) is 0 Å². The number of Topliss-reactive ketones (excluding diaryl/α,β-unsaturated/α-hetero) is 2. The zero-order valence-corrected chi connectivity index (χ0v) is 38.6. The van der Waals surface area contributed by atoms with Crippen molar-refractivity contribution in [3.63, 3.8) is 0 Å². The molecule has 0 heterocycles. The van der Waals surface area contributed by atoms with Crippen molar-refractivity contribution in [1.29, 1.82) is 0 Å². The summed E-state index contributed by atoms with van der Waals surface area (Å²) < 4.78 is 51.3. The second-order valence-corrected chi connectivity index (χ2v) is 19.8. The molecule has 0 aromatic heterocycles. The fourth-order valence-corrected chi connectivity index (χ4v) is 17.3. The first-order valence-electron chi connectivity index (χ1n) is 22.7. The zero-order chi connectivity index (χ0) is 44.5. The lowest BCUT2D eigenvalue weighted by atomic mass is 10.0. The average Bonchev–Trinajstić information content (AvgIpc) is 3.88. The number of carbonyl (C=O) groups excluding carboxylic acids is 4. The number of methoxy groups -OCH3 is 2. The molecule has 0 aromatic carbocycles. The summed E-state index contributed by atoms with van der Waals surface area (Å²) in [5, 5.41) is 2.19. The van der Waals surface area contributed by atoms with Gasteiger partial charge >= 0.3 is 0 Å². The first-order chi connectivity index (χ1) is 30.8. The van der Waals surface area contributed by atoms with Gasteiger partial charge in [0.15, 0.2) is 0 Å². The fraction of sp³-hybridized carbons (Fsp3) is 0.909. The number of carbonyl (C=O) groups is 4. The standard InChI is InChI=1S/C16H30ClNO7.C13H26ClNO5.2C6.C3H5ClO2/c1-21-14-16(20)18-4-6-23-8-10-25-12-11-24-9-7-22-5-2-3-15(19)13-17;14-12-13(16)2-1-4-17-6-8-19-10-11-20-9-7-18-5-3-15;2*1-2-3(1)5(1)4(1,2)6(2,3)5;1-6-2-3(4)5/h2-14H2,1H3,(H,18,20);1-12,15H2;;;2H2,1H3. The maximum absolute atomic E-state index is 11.1. The van der Waals surface area contributed by atoms with Gasteiger partial charge in [-0.25, -0.2) is 0 Å². The Bertz CT molecular complexity index is 1490. The van der Waals surface area contributed by atoms with Gasteiger partial charge in [0.25, 0.3) is 0 Å². The van der Waals surface area contributed by atoms with E-state index in [0.29, 0.717) is 144 Å². The Balaban J connectivity index is 0.000000104. The number of ether oxygens (including phenoxy) is 10. The van der Waals surface area contributed by atoms with Crippen molar-refractivity contribution >= 4 is 57.5 Å². The van der Waals surface area contributed by atoms with Gasteiger partial charge in [0.2, 0.25) is 11.1 Å². The van der Waals surface area contributed by atoms with Crippen LogP contribution in [-0.2, 0) is 66.5 Å². The maximum atomic E-state index is 11.1. The van der Waals surface area contributed by atoms with Crippen LogP contribution in [0, 0.1) is 65.0 Å². The Morgan fingerprint density at radius 3 is 0.968 bits per heavy atom.